The van der Waals surface area contributed by atoms with Crippen LogP contribution >= 0.6 is 11.3 Å². The summed E-state index contributed by atoms with van der Waals surface area (Å²) in [5.41, 5.74) is 7.71. The molecule has 5 rings (SSSR count). The Hall–Kier alpha value is -4.98. The second-order valence-electron chi connectivity index (χ2n) is 11.1. The Balaban J connectivity index is 1.66. The van der Waals surface area contributed by atoms with Crippen LogP contribution in [-0.4, -0.2) is 26.9 Å². The monoisotopic (exact) mass is 669 g/mol. The fourth-order valence-corrected chi connectivity index (χ4v) is 5.99. The van der Waals surface area contributed by atoms with Crippen molar-refractivity contribution >= 4 is 23.2 Å². The molecule has 0 spiro atoms. The van der Waals surface area contributed by atoms with Crippen LogP contribution in [0.15, 0.2) is 65.2 Å². The van der Waals surface area contributed by atoms with Gasteiger partial charge in [0, 0.05) is 17.0 Å². The van der Waals surface area contributed by atoms with Gasteiger partial charge in [0.15, 0.2) is 0 Å². The lowest BCUT2D eigenvalue weighted by Gasteiger charge is -2.19. The molecule has 47 heavy (non-hydrogen) atoms. The molecule has 0 aliphatic carbocycles. The summed E-state index contributed by atoms with van der Waals surface area (Å²) in [5, 5.41) is 5.83. The molecule has 0 unspecified atom stereocenters. The first-order valence-corrected chi connectivity index (χ1v) is 15.3. The molecular formula is C33H28F5N5O3S. The lowest BCUT2D eigenvalue weighted by atomic mass is 9.91. The molecule has 2 amide bonds. The van der Waals surface area contributed by atoms with E-state index in [-0.39, 0.29) is 46.1 Å². The van der Waals surface area contributed by atoms with Crippen LogP contribution in [0.5, 0.6) is 0 Å². The average molecular weight is 670 g/mol. The van der Waals surface area contributed by atoms with E-state index in [2.05, 4.69) is 15.5 Å². The number of carbonyl (C=O) groups is 2. The fraction of sp³-hybridized carbons (Fsp3) is 0.242. The van der Waals surface area contributed by atoms with Crippen molar-refractivity contribution in [2.45, 2.75) is 45.8 Å². The van der Waals surface area contributed by atoms with Crippen molar-refractivity contribution in [3.63, 3.8) is 0 Å². The lowest BCUT2D eigenvalue weighted by molar-refractivity contribution is -0.146. The number of hydrogen-bond acceptors (Lipinski definition) is 7. The Morgan fingerprint density at radius 1 is 0.915 bits per heavy atom. The molecular weight excluding hydrogens is 641 g/mol. The highest BCUT2D eigenvalue weighted by Gasteiger charge is 2.38. The third-order valence-corrected chi connectivity index (χ3v) is 8.17. The predicted molar refractivity (Wildman–Crippen MR) is 164 cm³/mol. The van der Waals surface area contributed by atoms with Gasteiger partial charge in [0.2, 0.25) is 0 Å². The Labute approximate surface area is 269 Å². The van der Waals surface area contributed by atoms with E-state index in [1.165, 1.54) is 42.5 Å². The van der Waals surface area contributed by atoms with Crippen LogP contribution in [0.2, 0.25) is 0 Å². The largest absolute Gasteiger partial charge is 0.455 e. The van der Waals surface area contributed by atoms with E-state index in [4.69, 9.17) is 15.2 Å². The number of hydrogen-bond donors (Lipinski definition) is 2. The number of nitrogens with two attached hydrogens (primary N) is 1. The van der Waals surface area contributed by atoms with E-state index < -0.39 is 41.3 Å². The van der Waals surface area contributed by atoms with Gasteiger partial charge < -0.3 is 15.6 Å². The maximum atomic E-state index is 13.6. The van der Waals surface area contributed by atoms with Gasteiger partial charge in [-0.2, -0.15) is 18.2 Å². The normalized spacial score (nSPS) is 11.7. The van der Waals surface area contributed by atoms with E-state index in [1.54, 1.807) is 18.2 Å². The van der Waals surface area contributed by atoms with E-state index in [0.29, 0.717) is 29.0 Å². The minimum atomic E-state index is -4.93. The Morgan fingerprint density at radius 2 is 1.66 bits per heavy atom. The van der Waals surface area contributed by atoms with Gasteiger partial charge >= 0.3 is 6.18 Å². The molecule has 0 bridgehead atoms. The summed E-state index contributed by atoms with van der Waals surface area (Å²) in [6.45, 7) is 3.83. The Morgan fingerprint density at radius 3 is 2.30 bits per heavy atom. The number of amides is 2. The third-order valence-electron chi connectivity index (χ3n) is 7.07. The quantitative estimate of drug-likeness (QED) is 0.144. The first-order chi connectivity index (χ1) is 22.3. The number of rotatable bonds is 11. The summed E-state index contributed by atoms with van der Waals surface area (Å²) in [5.74, 6) is -4.36. The molecule has 0 aliphatic rings. The SMILES string of the molecule is CC(C)Cc1nc(CCc2ccc(F)cc2)c(-c2nc(C(F)(F)F)no2)c(-c2ccc(C(=O)NCc3cccc(F)c3)s2)c1C(N)=O. The summed E-state index contributed by atoms with van der Waals surface area (Å²) >= 11 is 0.962. The summed E-state index contributed by atoms with van der Waals surface area (Å²) in [7, 11) is 0. The maximum Gasteiger partial charge on any atom is 0.455 e. The van der Waals surface area contributed by atoms with E-state index >= 15 is 0 Å². The molecule has 0 saturated carbocycles. The maximum absolute atomic E-state index is 13.6. The highest BCUT2D eigenvalue weighted by Crippen LogP contribution is 2.42. The van der Waals surface area contributed by atoms with Crippen LogP contribution in [0.1, 0.15) is 62.2 Å². The number of aryl methyl sites for hydroxylation is 2. The molecule has 0 fully saturated rings. The summed E-state index contributed by atoms with van der Waals surface area (Å²) in [6.07, 6.45) is -4.20. The first kappa shape index (κ1) is 33.4. The smallest absolute Gasteiger partial charge is 0.366 e. The fourth-order valence-electron chi connectivity index (χ4n) is 5.01. The number of primary amides is 1. The van der Waals surface area contributed by atoms with Gasteiger partial charge in [-0.15, -0.1) is 11.3 Å². The number of benzene rings is 2. The number of nitrogens with one attached hydrogen (secondary N) is 1. The number of carbonyl (C=O) groups excluding carboxylic acids is 2. The molecule has 3 aromatic heterocycles. The number of aromatic nitrogens is 3. The van der Waals surface area contributed by atoms with Crippen LogP contribution in [0, 0.1) is 17.6 Å². The highest BCUT2D eigenvalue weighted by molar-refractivity contribution is 7.17. The van der Waals surface area contributed by atoms with Crippen LogP contribution in [0.4, 0.5) is 22.0 Å². The van der Waals surface area contributed by atoms with Crippen molar-refractivity contribution in [2.75, 3.05) is 0 Å². The Kier molecular flexibility index (Phi) is 9.80. The van der Waals surface area contributed by atoms with Crippen molar-refractivity contribution in [2.24, 2.45) is 11.7 Å². The molecule has 0 atom stereocenters. The van der Waals surface area contributed by atoms with Crippen LogP contribution < -0.4 is 11.1 Å². The molecule has 3 heterocycles. The highest BCUT2D eigenvalue weighted by atomic mass is 32.1. The van der Waals surface area contributed by atoms with Gasteiger partial charge in [-0.05, 0) is 72.7 Å². The Bertz CT molecular complexity index is 1920. The van der Waals surface area contributed by atoms with E-state index in [9.17, 15) is 31.5 Å². The third kappa shape index (κ3) is 7.88. The molecule has 0 radical (unpaired) electrons. The second-order valence-corrected chi connectivity index (χ2v) is 12.2. The van der Waals surface area contributed by atoms with Gasteiger partial charge in [0.25, 0.3) is 23.5 Å². The minimum absolute atomic E-state index is 0.00279. The summed E-state index contributed by atoms with van der Waals surface area (Å²) in [6, 6.07) is 14.5. The van der Waals surface area contributed by atoms with Crippen molar-refractivity contribution in [3.8, 4) is 21.9 Å². The van der Waals surface area contributed by atoms with E-state index in [1.807, 2.05) is 13.8 Å². The molecule has 5 aromatic rings. The van der Waals surface area contributed by atoms with Crippen LogP contribution in [0.25, 0.3) is 21.9 Å². The predicted octanol–water partition coefficient (Wildman–Crippen LogP) is 7.17. The van der Waals surface area contributed by atoms with Gasteiger partial charge in [-0.3, -0.25) is 14.6 Å². The zero-order chi connectivity index (χ0) is 33.9. The van der Waals surface area contributed by atoms with Crippen LogP contribution in [0.3, 0.4) is 0 Å². The molecule has 0 saturated heterocycles. The first-order valence-electron chi connectivity index (χ1n) is 14.4. The minimum Gasteiger partial charge on any atom is -0.366 e. The van der Waals surface area contributed by atoms with Gasteiger partial charge in [0.1, 0.15) is 11.6 Å². The number of thiophene rings is 1. The van der Waals surface area contributed by atoms with Crippen molar-refractivity contribution in [1.82, 2.24) is 20.4 Å². The lowest BCUT2D eigenvalue weighted by Crippen LogP contribution is -2.21. The molecule has 244 valence electrons. The molecule has 2 aromatic carbocycles. The zero-order valence-electron chi connectivity index (χ0n) is 25.1. The standard InChI is InChI=1S/C33H28F5N5O3S/c1-17(2)14-23-26(29(39)44)28(24-12-13-25(47-24)30(45)40-16-19-4-3-5-21(35)15-19)27(31-42-32(43-46-31)33(36,37)38)22(41-23)11-8-18-6-9-20(34)10-7-18/h3-7,9-10,12-13,15,17H,8,11,14,16H2,1-2H3,(H2,39,44)(H,40,45). The zero-order valence-corrected chi connectivity index (χ0v) is 25.9. The summed E-state index contributed by atoms with van der Waals surface area (Å²) < 4.78 is 73.1. The average Bonchev–Trinajstić information content (AvgIpc) is 3.70. The van der Waals surface area contributed by atoms with Gasteiger partial charge in [-0.25, -0.2) is 8.78 Å². The van der Waals surface area contributed by atoms with E-state index in [0.717, 1.165) is 16.9 Å². The molecule has 14 heteroatoms. The van der Waals surface area contributed by atoms with Crippen molar-refractivity contribution in [3.05, 3.63) is 111 Å². The molecule has 8 nitrogen and oxygen atoms in total. The van der Waals surface area contributed by atoms with Crippen molar-refractivity contribution in [1.29, 1.82) is 0 Å². The van der Waals surface area contributed by atoms with Gasteiger partial charge in [-0.1, -0.05) is 43.3 Å². The topological polar surface area (TPSA) is 124 Å². The summed E-state index contributed by atoms with van der Waals surface area (Å²) in [4.78, 5) is 35.1. The molecule has 3 N–H and O–H groups in total. The number of alkyl halides is 3. The number of halogens is 5. The second kappa shape index (κ2) is 13.8. The molecule has 0 aliphatic heterocycles. The van der Waals surface area contributed by atoms with Crippen LogP contribution in [-0.2, 0) is 32.0 Å². The van der Waals surface area contributed by atoms with Crippen molar-refractivity contribution < 1.29 is 36.1 Å². The van der Waals surface area contributed by atoms with Gasteiger partial charge in [0.05, 0.1) is 27.4 Å². The number of pyridine rings is 1. The number of nitrogens with zero attached hydrogens (tertiary/aromatic N) is 3.